The topological polar surface area (TPSA) is 78.1 Å². The van der Waals surface area contributed by atoms with E-state index in [1.165, 1.54) is 24.2 Å². The third-order valence-electron chi connectivity index (χ3n) is 5.38. The average Bonchev–Trinajstić information content (AvgIpc) is 3.46. The van der Waals surface area contributed by atoms with E-state index in [-0.39, 0.29) is 17.0 Å². The molecular formula is C24H28N4O2S. The van der Waals surface area contributed by atoms with Gasteiger partial charge in [0.15, 0.2) is 0 Å². The van der Waals surface area contributed by atoms with Crippen molar-refractivity contribution in [3.8, 4) is 11.3 Å². The Morgan fingerprint density at radius 2 is 2.03 bits per heavy atom. The number of H-pyrrole nitrogens is 1. The molecule has 3 aromatic rings. The van der Waals surface area contributed by atoms with Gasteiger partial charge in [-0.3, -0.25) is 14.5 Å². The molecule has 1 aliphatic carbocycles. The maximum Gasteiger partial charge on any atom is 0.261 e. The molecule has 1 aromatic carbocycles. The molecule has 0 radical (unpaired) electrons. The largest absolute Gasteiger partial charge is 0.345 e. The van der Waals surface area contributed by atoms with Crippen LogP contribution in [0.5, 0.6) is 0 Å². The van der Waals surface area contributed by atoms with Crippen molar-refractivity contribution in [1.29, 1.82) is 0 Å². The number of aromatic nitrogens is 2. The van der Waals surface area contributed by atoms with Gasteiger partial charge in [-0.1, -0.05) is 37.3 Å². The Bertz CT molecular complexity index is 1070. The fraction of sp³-hybridized carbons (Fsp3) is 0.375. The number of aromatic amines is 1. The molecule has 1 amide bonds. The highest BCUT2D eigenvalue weighted by atomic mass is 32.1. The van der Waals surface area contributed by atoms with Crippen LogP contribution in [0.3, 0.4) is 0 Å². The molecule has 162 valence electrons. The summed E-state index contributed by atoms with van der Waals surface area (Å²) in [5, 5.41) is 5.59. The molecule has 7 heteroatoms. The molecule has 2 N–H and O–H groups in total. The molecule has 0 spiro atoms. The molecule has 1 saturated carbocycles. The highest BCUT2D eigenvalue weighted by Gasteiger charge is 2.24. The summed E-state index contributed by atoms with van der Waals surface area (Å²) in [7, 11) is 0. The molecule has 1 aliphatic rings. The van der Waals surface area contributed by atoms with Gasteiger partial charge in [-0.25, -0.2) is 4.98 Å². The maximum absolute atomic E-state index is 12.5. The first-order chi connectivity index (χ1) is 15.1. The van der Waals surface area contributed by atoms with Gasteiger partial charge >= 0.3 is 0 Å². The normalized spacial score (nSPS) is 13.5. The van der Waals surface area contributed by atoms with Gasteiger partial charge in [0.25, 0.3) is 11.5 Å². The van der Waals surface area contributed by atoms with Crippen molar-refractivity contribution in [2.45, 2.75) is 39.3 Å². The molecule has 1 fully saturated rings. The van der Waals surface area contributed by atoms with Gasteiger partial charge in [-0.2, -0.15) is 0 Å². The van der Waals surface area contributed by atoms with E-state index < -0.39 is 0 Å². The summed E-state index contributed by atoms with van der Waals surface area (Å²) in [6, 6.07) is 13.4. The van der Waals surface area contributed by atoms with Crippen LogP contribution in [0.25, 0.3) is 11.3 Å². The summed E-state index contributed by atoms with van der Waals surface area (Å²) < 4.78 is 0. The predicted molar refractivity (Wildman–Crippen MR) is 124 cm³/mol. The minimum Gasteiger partial charge on any atom is -0.345 e. The van der Waals surface area contributed by atoms with E-state index >= 15 is 0 Å². The number of amides is 1. The third-order valence-corrected chi connectivity index (χ3v) is 6.23. The van der Waals surface area contributed by atoms with Gasteiger partial charge in [0.1, 0.15) is 10.6 Å². The second-order valence-corrected chi connectivity index (χ2v) is 9.02. The minimum absolute atomic E-state index is 0.132. The summed E-state index contributed by atoms with van der Waals surface area (Å²) in [6.07, 6.45) is 3.70. The second kappa shape index (κ2) is 10.0. The second-order valence-electron chi connectivity index (χ2n) is 8.08. The van der Waals surface area contributed by atoms with E-state index in [2.05, 4.69) is 27.1 Å². The van der Waals surface area contributed by atoms with Crippen molar-refractivity contribution in [3.63, 3.8) is 0 Å². The van der Waals surface area contributed by atoms with Crippen molar-refractivity contribution >= 4 is 17.2 Å². The fourth-order valence-corrected chi connectivity index (χ4v) is 4.37. The molecule has 0 unspecified atom stereocenters. The minimum atomic E-state index is -0.382. The molecule has 31 heavy (non-hydrogen) atoms. The number of thiazole rings is 1. The van der Waals surface area contributed by atoms with E-state index in [9.17, 15) is 9.59 Å². The molecular weight excluding hydrogens is 408 g/mol. The van der Waals surface area contributed by atoms with Gasteiger partial charge < -0.3 is 10.3 Å². The summed E-state index contributed by atoms with van der Waals surface area (Å²) in [4.78, 5) is 34.9. The van der Waals surface area contributed by atoms with Crippen LogP contribution in [0.4, 0.5) is 0 Å². The Kier molecular flexibility index (Phi) is 6.94. The van der Waals surface area contributed by atoms with Crippen LogP contribution in [0.2, 0.25) is 0 Å². The van der Waals surface area contributed by atoms with E-state index in [0.717, 1.165) is 47.4 Å². The first kappa shape index (κ1) is 21.5. The van der Waals surface area contributed by atoms with Crippen LogP contribution in [0.1, 0.15) is 47.2 Å². The number of carbonyl (C=O) groups excluding carboxylic acids is 1. The van der Waals surface area contributed by atoms with Crippen molar-refractivity contribution in [1.82, 2.24) is 20.2 Å². The molecule has 2 aromatic heterocycles. The zero-order chi connectivity index (χ0) is 21.6. The van der Waals surface area contributed by atoms with Crippen LogP contribution in [0.15, 0.2) is 52.6 Å². The Labute approximate surface area is 186 Å². The molecule has 0 bridgehead atoms. The third kappa shape index (κ3) is 5.89. The van der Waals surface area contributed by atoms with E-state index in [1.807, 2.05) is 41.8 Å². The Morgan fingerprint density at radius 1 is 1.23 bits per heavy atom. The Morgan fingerprint density at radius 3 is 2.74 bits per heavy atom. The highest BCUT2D eigenvalue weighted by Crippen LogP contribution is 2.30. The predicted octanol–water partition coefficient (Wildman–Crippen LogP) is 4.05. The van der Waals surface area contributed by atoms with Gasteiger partial charge in [0, 0.05) is 29.7 Å². The summed E-state index contributed by atoms with van der Waals surface area (Å²) in [6.45, 7) is 5.27. The maximum atomic E-state index is 12.5. The number of hydrogen-bond donors (Lipinski definition) is 2. The zero-order valence-electron chi connectivity index (χ0n) is 17.8. The van der Waals surface area contributed by atoms with Gasteiger partial charge in [0.2, 0.25) is 0 Å². The van der Waals surface area contributed by atoms with Crippen LogP contribution in [0, 0.1) is 5.92 Å². The molecule has 0 aliphatic heterocycles. The summed E-state index contributed by atoms with van der Waals surface area (Å²) >= 11 is 1.49. The zero-order valence-corrected chi connectivity index (χ0v) is 18.6. The standard InChI is InChI=1S/C24H28N4O2S/c1-2-12-28(14-17-8-9-17)15-19-10-11-20(24(30)26-19)23(29)25-13-22-27-21(16-31-22)18-6-4-3-5-7-18/h3-7,10-11,16-17H,2,8-9,12-15H2,1H3,(H,25,29)(H,26,30). The number of pyridine rings is 1. The lowest BCUT2D eigenvalue weighted by Crippen LogP contribution is -2.31. The molecule has 6 nitrogen and oxygen atoms in total. The van der Waals surface area contributed by atoms with Crippen LogP contribution >= 0.6 is 11.3 Å². The van der Waals surface area contributed by atoms with Crippen LogP contribution < -0.4 is 10.9 Å². The van der Waals surface area contributed by atoms with E-state index in [4.69, 9.17) is 0 Å². The number of hydrogen-bond acceptors (Lipinski definition) is 5. The lowest BCUT2D eigenvalue weighted by molar-refractivity contribution is 0.0949. The number of benzene rings is 1. The summed E-state index contributed by atoms with van der Waals surface area (Å²) in [5.41, 5.74) is 2.57. The lowest BCUT2D eigenvalue weighted by atomic mass is 10.2. The molecule has 4 rings (SSSR count). The summed E-state index contributed by atoms with van der Waals surface area (Å²) in [5.74, 6) is 0.421. The molecule has 2 heterocycles. The number of carbonyl (C=O) groups is 1. The Balaban J connectivity index is 1.35. The lowest BCUT2D eigenvalue weighted by Gasteiger charge is -2.21. The monoisotopic (exact) mass is 436 g/mol. The highest BCUT2D eigenvalue weighted by molar-refractivity contribution is 7.09. The van der Waals surface area contributed by atoms with Gasteiger partial charge in [0.05, 0.1) is 12.2 Å². The van der Waals surface area contributed by atoms with Gasteiger partial charge in [-0.15, -0.1) is 11.3 Å². The van der Waals surface area contributed by atoms with E-state index in [1.54, 1.807) is 6.07 Å². The average molecular weight is 437 g/mol. The van der Waals surface area contributed by atoms with Crippen molar-refractivity contribution in [3.05, 3.63) is 74.5 Å². The van der Waals surface area contributed by atoms with Crippen molar-refractivity contribution in [2.24, 2.45) is 5.92 Å². The SMILES string of the molecule is CCCN(Cc1ccc(C(=O)NCc2nc(-c3ccccc3)cs2)c(=O)[nH]1)CC1CC1. The smallest absolute Gasteiger partial charge is 0.261 e. The molecule has 0 saturated heterocycles. The van der Waals surface area contributed by atoms with Crippen molar-refractivity contribution in [2.75, 3.05) is 13.1 Å². The van der Waals surface area contributed by atoms with Crippen LogP contribution in [-0.2, 0) is 13.1 Å². The molecule has 0 atom stereocenters. The first-order valence-corrected chi connectivity index (χ1v) is 11.7. The Hall–Kier alpha value is -2.77. The van der Waals surface area contributed by atoms with E-state index in [0.29, 0.717) is 13.1 Å². The fourth-order valence-electron chi connectivity index (χ4n) is 3.63. The number of nitrogens with zero attached hydrogens (tertiary/aromatic N) is 2. The number of nitrogens with one attached hydrogen (secondary N) is 2. The van der Waals surface area contributed by atoms with Crippen LogP contribution in [-0.4, -0.2) is 33.9 Å². The van der Waals surface area contributed by atoms with Gasteiger partial charge in [-0.05, 0) is 43.9 Å². The quantitative estimate of drug-likeness (QED) is 0.503. The van der Waals surface area contributed by atoms with Crippen molar-refractivity contribution < 1.29 is 4.79 Å². The number of rotatable bonds is 10. The first-order valence-electron chi connectivity index (χ1n) is 10.8.